The van der Waals surface area contributed by atoms with Gasteiger partial charge in [-0.2, -0.15) is 13.2 Å². The number of esters is 1. The fourth-order valence-corrected chi connectivity index (χ4v) is 2.92. The standard InChI is InChI=1S/C19H18BrF3O3/c1-17(13-20,14-9-5-3-6-10-14)26-16(24)18(25-2,19(21,22)23)15-11-7-4-8-12-15/h3-12H,13H2,1-2H3/t17?,18-/m1/s1/i13D/t13-,17?,18-. The molecule has 2 aromatic rings. The molecule has 1 unspecified atom stereocenters. The number of hydrogen-bond donors (Lipinski definition) is 0. The predicted octanol–water partition coefficient (Wildman–Crippen LogP) is 4.94. The van der Waals surface area contributed by atoms with Crippen molar-refractivity contribution < 1.29 is 28.8 Å². The summed E-state index contributed by atoms with van der Waals surface area (Å²) in [4.78, 5) is 12.9. The molecule has 0 aliphatic heterocycles. The van der Waals surface area contributed by atoms with Crippen LogP contribution in [0.3, 0.4) is 0 Å². The Hall–Kier alpha value is -1.86. The monoisotopic (exact) mass is 431 g/mol. The third-order valence-electron chi connectivity index (χ3n) is 4.03. The van der Waals surface area contributed by atoms with E-state index in [9.17, 15) is 18.0 Å². The third-order valence-corrected chi connectivity index (χ3v) is 4.91. The molecule has 140 valence electrons. The highest BCUT2D eigenvalue weighted by molar-refractivity contribution is 9.09. The summed E-state index contributed by atoms with van der Waals surface area (Å²) in [7, 11) is 0.800. The first-order valence-corrected chi connectivity index (χ1v) is 8.54. The molecule has 0 amide bonds. The molecule has 2 aromatic carbocycles. The van der Waals surface area contributed by atoms with E-state index in [0.717, 1.165) is 19.2 Å². The van der Waals surface area contributed by atoms with Crippen LogP contribution in [0.2, 0.25) is 0 Å². The van der Waals surface area contributed by atoms with Gasteiger partial charge in [-0.15, -0.1) is 0 Å². The van der Waals surface area contributed by atoms with E-state index in [2.05, 4.69) is 15.9 Å². The minimum Gasteiger partial charge on any atom is -0.451 e. The van der Waals surface area contributed by atoms with Gasteiger partial charge in [0.05, 0.1) is 0 Å². The number of alkyl halides is 4. The van der Waals surface area contributed by atoms with Crippen LogP contribution >= 0.6 is 15.9 Å². The minimum atomic E-state index is -5.08. The van der Waals surface area contributed by atoms with Crippen molar-refractivity contribution in [3.05, 3.63) is 71.8 Å². The Balaban J connectivity index is 2.56. The summed E-state index contributed by atoms with van der Waals surface area (Å²) in [5.74, 6) is -1.65. The normalized spacial score (nSPS) is 18.2. The number of methoxy groups -OCH3 is 1. The molecule has 2 rings (SSSR count). The average molecular weight is 432 g/mol. The molecule has 0 fully saturated rings. The van der Waals surface area contributed by atoms with Crippen LogP contribution in [0.4, 0.5) is 13.2 Å². The lowest BCUT2D eigenvalue weighted by molar-refractivity contribution is -0.280. The van der Waals surface area contributed by atoms with Crippen molar-refractivity contribution in [2.24, 2.45) is 0 Å². The maximum Gasteiger partial charge on any atom is 0.432 e. The van der Waals surface area contributed by atoms with Gasteiger partial charge in [0.25, 0.3) is 5.60 Å². The molecule has 0 aromatic heterocycles. The highest BCUT2D eigenvalue weighted by Crippen LogP contribution is 2.44. The fraction of sp³-hybridized carbons (Fsp3) is 0.316. The van der Waals surface area contributed by atoms with Crippen molar-refractivity contribution in [2.75, 3.05) is 12.4 Å². The summed E-state index contributed by atoms with van der Waals surface area (Å²) in [6.07, 6.45) is -5.08. The Morgan fingerprint density at radius 2 is 1.50 bits per heavy atom. The van der Waals surface area contributed by atoms with E-state index >= 15 is 0 Å². The Morgan fingerprint density at radius 1 is 1.04 bits per heavy atom. The van der Waals surface area contributed by atoms with E-state index in [1.165, 1.54) is 25.1 Å². The van der Waals surface area contributed by atoms with E-state index in [1.54, 1.807) is 30.3 Å². The maximum atomic E-state index is 14.0. The predicted molar refractivity (Wildman–Crippen MR) is 94.9 cm³/mol. The average Bonchev–Trinajstić information content (AvgIpc) is 2.63. The SMILES string of the molecule is [2H][C@@H](Br)C(C)(OC(=O)[C@](OC)(c1ccccc1)C(F)(F)F)c1ccccc1. The van der Waals surface area contributed by atoms with Gasteiger partial charge in [0.2, 0.25) is 0 Å². The number of ether oxygens (including phenoxy) is 2. The largest absolute Gasteiger partial charge is 0.451 e. The zero-order valence-corrected chi connectivity index (χ0v) is 15.7. The summed E-state index contributed by atoms with van der Waals surface area (Å²) in [6, 6.07) is 14.7. The van der Waals surface area contributed by atoms with Gasteiger partial charge in [-0.1, -0.05) is 76.6 Å². The van der Waals surface area contributed by atoms with Crippen molar-refractivity contribution in [1.82, 2.24) is 0 Å². The number of hydrogen-bond acceptors (Lipinski definition) is 3. The minimum absolute atomic E-state index is 0.371. The molecular formula is C19H18BrF3O3. The highest BCUT2D eigenvalue weighted by atomic mass is 79.9. The van der Waals surface area contributed by atoms with E-state index in [4.69, 9.17) is 10.8 Å². The molecule has 26 heavy (non-hydrogen) atoms. The van der Waals surface area contributed by atoms with Crippen molar-refractivity contribution in [1.29, 1.82) is 0 Å². The van der Waals surface area contributed by atoms with Crippen molar-refractivity contribution >= 4 is 21.9 Å². The quantitative estimate of drug-likeness (QED) is 0.479. The molecule has 3 nitrogen and oxygen atoms in total. The second-order valence-electron chi connectivity index (χ2n) is 5.72. The molecule has 3 atom stereocenters. The molecule has 0 saturated carbocycles. The lowest BCUT2D eigenvalue weighted by Crippen LogP contribution is -2.53. The Morgan fingerprint density at radius 3 is 1.88 bits per heavy atom. The fourth-order valence-electron chi connectivity index (χ4n) is 2.56. The molecule has 0 bridgehead atoms. The first-order chi connectivity index (χ1) is 12.6. The van der Waals surface area contributed by atoms with Crippen LogP contribution in [-0.4, -0.2) is 24.6 Å². The zero-order valence-electron chi connectivity index (χ0n) is 15.1. The molecule has 0 saturated heterocycles. The molecule has 0 aliphatic carbocycles. The summed E-state index contributed by atoms with van der Waals surface area (Å²) >= 11 is 3.02. The van der Waals surface area contributed by atoms with E-state index < -0.39 is 34.2 Å². The second kappa shape index (κ2) is 7.80. The summed E-state index contributed by atoms with van der Waals surface area (Å²) in [6.45, 7) is 1.37. The first kappa shape index (κ1) is 18.9. The van der Waals surface area contributed by atoms with E-state index in [0.29, 0.717) is 5.56 Å². The first-order valence-electron chi connectivity index (χ1n) is 8.20. The molecule has 0 spiro atoms. The van der Waals surface area contributed by atoms with Crippen LogP contribution in [0.15, 0.2) is 60.7 Å². The summed E-state index contributed by atoms with van der Waals surface area (Å²) in [5.41, 5.74) is -5.03. The van der Waals surface area contributed by atoms with Crippen LogP contribution in [0, 0.1) is 0 Å². The number of halogens is 4. The topological polar surface area (TPSA) is 35.5 Å². The number of carbonyl (C=O) groups is 1. The number of carbonyl (C=O) groups excluding carboxylic acids is 1. The van der Waals surface area contributed by atoms with Crippen LogP contribution in [0.25, 0.3) is 0 Å². The lowest BCUT2D eigenvalue weighted by atomic mass is 9.91. The molecular weight excluding hydrogens is 413 g/mol. The van der Waals surface area contributed by atoms with E-state index in [-0.39, 0.29) is 0 Å². The zero-order chi connectivity index (χ0) is 20.3. The van der Waals surface area contributed by atoms with Gasteiger partial charge in [-0.25, -0.2) is 4.79 Å². The smallest absolute Gasteiger partial charge is 0.432 e. The highest BCUT2D eigenvalue weighted by Gasteiger charge is 2.64. The van der Waals surface area contributed by atoms with Gasteiger partial charge >= 0.3 is 12.1 Å². The lowest BCUT2D eigenvalue weighted by Gasteiger charge is -2.36. The van der Waals surface area contributed by atoms with Gasteiger partial charge < -0.3 is 9.47 Å². The molecule has 0 heterocycles. The van der Waals surface area contributed by atoms with Crippen molar-refractivity contribution in [2.45, 2.75) is 24.3 Å². The third kappa shape index (κ3) is 3.64. The molecule has 0 radical (unpaired) electrons. The number of benzene rings is 2. The molecule has 0 N–H and O–H groups in total. The van der Waals surface area contributed by atoms with Crippen LogP contribution in [-0.2, 0) is 25.5 Å². The van der Waals surface area contributed by atoms with Crippen LogP contribution in [0.1, 0.15) is 19.4 Å². The van der Waals surface area contributed by atoms with Crippen molar-refractivity contribution in [3.63, 3.8) is 0 Å². The van der Waals surface area contributed by atoms with Gasteiger partial charge in [-0.3, -0.25) is 0 Å². The number of rotatable bonds is 6. The summed E-state index contributed by atoms with van der Waals surface area (Å²) < 4.78 is 60.1. The van der Waals surface area contributed by atoms with Crippen molar-refractivity contribution in [3.8, 4) is 0 Å². The van der Waals surface area contributed by atoms with Crippen LogP contribution in [0.5, 0.6) is 0 Å². The Labute approximate surface area is 159 Å². The molecule has 7 heteroatoms. The van der Waals surface area contributed by atoms with Gasteiger partial charge in [0, 0.05) is 19.4 Å². The van der Waals surface area contributed by atoms with Crippen LogP contribution < -0.4 is 0 Å². The Kier molecular flexibility index (Phi) is 5.67. The second-order valence-corrected chi connectivity index (χ2v) is 6.18. The van der Waals surface area contributed by atoms with E-state index in [1.807, 2.05) is 0 Å². The van der Waals surface area contributed by atoms with Gasteiger partial charge in [0.1, 0.15) is 5.60 Å². The Bertz CT molecular complexity index is 771. The van der Waals surface area contributed by atoms with Gasteiger partial charge in [-0.05, 0) is 12.5 Å². The van der Waals surface area contributed by atoms with Gasteiger partial charge in [0.15, 0.2) is 0 Å². The maximum absolute atomic E-state index is 14.0. The molecule has 0 aliphatic rings. The summed E-state index contributed by atoms with van der Waals surface area (Å²) in [5, 5.41) is -1.21.